The first-order chi connectivity index (χ1) is 14.1. The van der Waals surface area contributed by atoms with Crippen molar-refractivity contribution in [2.45, 2.75) is 39.0 Å². The van der Waals surface area contributed by atoms with E-state index in [1.165, 1.54) is 0 Å². The topological polar surface area (TPSA) is 55.2 Å². The van der Waals surface area contributed by atoms with Crippen molar-refractivity contribution in [1.29, 1.82) is 0 Å². The van der Waals surface area contributed by atoms with E-state index in [0.29, 0.717) is 19.1 Å². The summed E-state index contributed by atoms with van der Waals surface area (Å²) in [6, 6.07) is 12.0. The van der Waals surface area contributed by atoms with Gasteiger partial charge in [0.05, 0.1) is 19.1 Å². The highest BCUT2D eigenvalue weighted by Gasteiger charge is 2.48. The minimum atomic E-state index is -0.251. The van der Waals surface area contributed by atoms with Crippen molar-refractivity contribution in [2.24, 2.45) is 5.41 Å². The number of amides is 1. The Kier molecular flexibility index (Phi) is 5.92. The van der Waals surface area contributed by atoms with Crippen molar-refractivity contribution < 1.29 is 18.7 Å². The van der Waals surface area contributed by atoms with Gasteiger partial charge in [0.25, 0.3) is 0 Å². The first kappa shape index (κ1) is 20.0. The number of hydrogen-bond acceptors (Lipinski definition) is 5. The summed E-state index contributed by atoms with van der Waals surface area (Å²) in [7, 11) is 3.34. The molecule has 2 aliphatic rings. The Morgan fingerprint density at radius 3 is 2.76 bits per heavy atom. The molecule has 1 aromatic heterocycles. The summed E-state index contributed by atoms with van der Waals surface area (Å²) in [6.45, 7) is 4.45. The molecule has 1 spiro atoms. The lowest BCUT2D eigenvalue weighted by atomic mass is 9.78. The fourth-order valence-corrected chi connectivity index (χ4v) is 4.71. The number of rotatable bonds is 7. The molecule has 0 aliphatic carbocycles. The normalized spacial score (nSPS) is 22.6. The number of methoxy groups -OCH3 is 2. The molecule has 0 N–H and O–H groups in total. The third-order valence-electron chi connectivity index (χ3n) is 6.15. The lowest BCUT2D eigenvalue weighted by molar-refractivity contribution is -0.146. The first-order valence-electron chi connectivity index (χ1n) is 10.3. The summed E-state index contributed by atoms with van der Waals surface area (Å²) < 4.78 is 16.3. The van der Waals surface area contributed by atoms with Gasteiger partial charge in [-0.1, -0.05) is 12.1 Å². The second kappa shape index (κ2) is 8.59. The van der Waals surface area contributed by atoms with Gasteiger partial charge in [0.15, 0.2) is 0 Å². The molecule has 0 radical (unpaired) electrons. The summed E-state index contributed by atoms with van der Waals surface area (Å²) in [5.41, 5.74) is 0.866. The number of likely N-dealkylation sites (tertiary alicyclic amines) is 2. The quantitative estimate of drug-likeness (QED) is 0.715. The molecule has 3 heterocycles. The van der Waals surface area contributed by atoms with E-state index in [1.54, 1.807) is 14.2 Å². The Labute approximate surface area is 172 Å². The maximum atomic E-state index is 13.4. The molecule has 6 nitrogen and oxygen atoms in total. The van der Waals surface area contributed by atoms with Gasteiger partial charge in [-0.3, -0.25) is 9.69 Å². The van der Waals surface area contributed by atoms with Crippen LogP contribution in [-0.4, -0.2) is 49.6 Å². The molecule has 6 heteroatoms. The number of nitrogens with zero attached hydrogens (tertiary/aromatic N) is 2. The molecule has 2 aromatic rings. The van der Waals surface area contributed by atoms with Gasteiger partial charge in [-0.15, -0.1) is 0 Å². The van der Waals surface area contributed by atoms with Crippen LogP contribution in [0.2, 0.25) is 0 Å². The van der Waals surface area contributed by atoms with Crippen LogP contribution in [0.5, 0.6) is 5.75 Å². The zero-order valence-electron chi connectivity index (χ0n) is 17.4. The summed E-state index contributed by atoms with van der Waals surface area (Å²) in [4.78, 5) is 17.8. The van der Waals surface area contributed by atoms with Gasteiger partial charge in [-0.2, -0.15) is 0 Å². The number of carbonyl (C=O) groups is 1. The van der Waals surface area contributed by atoms with E-state index in [9.17, 15) is 4.79 Å². The van der Waals surface area contributed by atoms with Crippen LogP contribution in [0.15, 0.2) is 40.8 Å². The Balaban J connectivity index is 1.40. The second-order valence-electron chi connectivity index (χ2n) is 8.22. The monoisotopic (exact) mass is 398 g/mol. The van der Waals surface area contributed by atoms with E-state index in [-0.39, 0.29) is 5.41 Å². The average molecular weight is 399 g/mol. The fourth-order valence-electron chi connectivity index (χ4n) is 4.71. The maximum absolute atomic E-state index is 13.4. The maximum Gasteiger partial charge on any atom is 0.230 e. The molecule has 2 aliphatic heterocycles. The zero-order valence-corrected chi connectivity index (χ0v) is 17.4. The highest BCUT2D eigenvalue weighted by atomic mass is 16.5. The van der Waals surface area contributed by atoms with Gasteiger partial charge in [0.1, 0.15) is 23.9 Å². The fraction of sp³-hybridized carbons (Fsp3) is 0.522. The van der Waals surface area contributed by atoms with E-state index in [0.717, 1.165) is 68.3 Å². The number of furan rings is 1. The summed E-state index contributed by atoms with van der Waals surface area (Å²) >= 11 is 0. The summed E-state index contributed by atoms with van der Waals surface area (Å²) in [6.07, 6.45) is 2.96. The molecule has 2 fully saturated rings. The van der Waals surface area contributed by atoms with Gasteiger partial charge >= 0.3 is 0 Å². The lowest BCUT2D eigenvalue weighted by Crippen LogP contribution is -2.49. The van der Waals surface area contributed by atoms with Gasteiger partial charge < -0.3 is 18.8 Å². The van der Waals surface area contributed by atoms with E-state index < -0.39 is 0 Å². The minimum absolute atomic E-state index is 0.251. The van der Waals surface area contributed by atoms with Crippen LogP contribution in [0.25, 0.3) is 0 Å². The van der Waals surface area contributed by atoms with Crippen LogP contribution in [0, 0.1) is 5.41 Å². The third-order valence-corrected chi connectivity index (χ3v) is 6.15. The average Bonchev–Trinajstić information content (AvgIpc) is 3.34. The van der Waals surface area contributed by atoms with Crippen molar-refractivity contribution in [3.8, 4) is 5.75 Å². The van der Waals surface area contributed by atoms with Crippen molar-refractivity contribution in [3.05, 3.63) is 53.5 Å². The van der Waals surface area contributed by atoms with E-state index in [4.69, 9.17) is 13.9 Å². The number of piperidine rings is 1. The van der Waals surface area contributed by atoms with Crippen LogP contribution in [0.4, 0.5) is 0 Å². The van der Waals surface area contributed by atoms with Crippen LogP contribution < -0.4 is 4.74 Å². The van der Waals surface area contributed by atoms with Gasteiger partial charge in [0, 0.05) is 26.7 Å². The number of benzene rings is 1. The highest BCUT2D eigenvalue weighted by Crippen LogP contribution is 2.41. The van der Waals surface area contributed by atoms with Crippen LogP contribution >= 0.6 is 0 Å². The first-order valence-corrected chi connectivity index (χ1v) is 10.3. The van der Waals surface area contributed by atoms with E-state index in [1.807, 2.05) is 35.2 Å². The molecule has 1 amide bonds. The Morgan fingerprint density at radius 2 is 1.93 bits per heavy atom. The number of ether oxygens (including phenoxy) is 2. The molecule has 0 unspecified atom stereocenters. The van der Waals surface area contributed by atoms with Crippen molar-refractivity contribution in [2.75, 3.05) is 33.9 Å². The minimum Gasteiger partial charge on any atom is -0.497 e. The second-order valence-corrected chi connectivity index (χ2v) is 8.22. The standard InChI is InChI=1S/C23H30N2O4/c1-27-16-21-8-7-20(29-21)15-24-12-10-23(17-24)9-4-11-25(22(23)26)14-18-5-3-6-19(13-18)28-2/h3,5-8,13H,4,9-12,14-17H2,1-2H3/t23-/m0/s1. The Hall–Kier alpha value is -2.31. The van der Waals surface area contributed by atoms with Gasteiger partial charge in [-0.05, 0) is 55.6 Å². The molecule has 156 valence electrons. The molecular weight excluding hydrogens is 368 g/mol. The lowest BCUT2D eigenvalue weighted by Gasteiger charge is -2.39. The van der Waals surface area contributed by atoms with Gasteiger partial charge in [-0.25, -0.2) is 0 Å². The Bertz CT molecular complexity index is 849. The van der Waals surface area contributed by atoms with Crippen molar-refractivity contribution >= 4 is 5.91 Å². The van der Waals surface area contributed by atoms with Gasteiger partial charge in [0.2, 0.25) is 5.91 Å². The zero-order chi connectivity index (χ0) is 20.3. The predicted octanol–water partition coefficient (Wildman–Crippen LogP) is 3.45. The SMILES string of the molecule is COCc1ccc(CN2CC[C@@]3(CCCN(Cc4cccc(OC)c4)C3=O)C2)o1. The largest absolute Gasteiger partial charge is 0.497 e. The molecule has 4 rings (SSSR count). The van der Waals surface area contributed by atoms with Crippen LogP contribution in [0.3, 0.4) is 0 Å². The third kappa shape index (κ3) is 4.33. The van der Waals surface area contributed by atoms with Crippen molar-refractivity contribution in [1.82, 2.24) is 9.80 Å². The molecule has 1 atom stereocenters. The molecule has 2 saturated heterocycles. The van der Waals surface area contributed by atoms with Crippen LogP contribution in [-0.2, 0) is 29.2 Å². The number of hydrogen-bond donors (Lipinski definition) is 0. The summed E-state index contributed by atoms with van der Waals surface area (Å²) in [5, 5.41) is 0. The van der Waals surface area contributed by atoms with Crippen LogP contribution in [0.1, 0.15) is 36.3 Å². The molecular formula is C23H30N2O4. The smallest absolute Gasteiger partial charge is 0.230 e. The van der Waals surface area contributed by atoms with E-state index in [2.05, 4.69) is 11.0 Å². The predicted molar refractivity (Wildman–Crippen MR) is 109 cm³/mol. The molecule has 0 bridgehead atoms. The van der Waals surface area contributed by atoms with E-state index >= 15 is 0 Å². The summed E-state index contributed by atoms with van der Waals surface area (Å²) in [5.74, 6) is 2.91. The Morgan fingerprint density at radius 1 is 1.07 bits per heavy atom. The number of carbonyl (C=O) groups excluding carboxylic acids is 1. The van der Waals surface area contributed by atoms with Crippen molar-refractivity contribution in [3.63, 3.8) is 0 Å². The molecule has 29 heavy (non-hydrogen) atoms. The molecule has 1 aromatic carbocycles. The molecule has 0 saturated carbocycles. The highest BCUT2D eigenvalue weighted by molar-refractivity contribution is 5.84.